The zero-order valence-electron chi connectivity index (χ0n) is 8.90. The summed E-state index contributed by atoms with van der Waals surface area (Å²) in [4.78, 5) is 14.9. The number of ketones is 1. The third-order valence-electron chi connectivity index (χ3n) is 2.34. The topological polar surface area (TPSA) is 53.1 Å². The van der Waals surface area contributed by atoms with Crippen LogP contribution in [0, 0.1) is 0 Å². The number of H-pyrrole nitrogens is 1. The fourth-order valence-corrected chi connectivity index (χ4v) is 2.71. The number of aromatic nitrogens is 1. The van der Waals surface area contributed by atoms with E-state index in [1.165, 1.54) is 12.1 Å². The molecule has 100 valence electrons. The number of halogens is 5. The highest BCUT2D eigenvalue weighted by molar-refractivity contribution is 9.10. The van der Waals surface area contributed by atoms with Crippen LogP contribution in [-0.4, -0.2) is 15.9 Å². The molecule has 0 amide bonds. The van der Waals surface area contributed by atoms with E-state index in [2.05, 4.69) is 20.9 Å². The minimum absolute atomic E-state index is 0.0244. The number of hydrogen-bond donors (Lipinski definition) is 2. The lowest BCUT2D eigenvalue weighted by atomic mass is 10.1. The molecule has 0 unspecified atom stereocenters. The Morgan fingerprint density at radius 2 is 1.84 bits per heavy atom. The molecule has 0 radical (unpaired) electrons. The normalized spacial score (nSPS) is 10.8. The second-order valence-corrected chi connectivity index (χ2v) is 5.95. The summed E-state index contributed by atoms with van der Waals surface area (Å²) in [5, 5.41) is 10.3. The summed E-state index contributed by atoms with van der Waals surface area (Å²) in [5.74, 6) is -0.937. The van der Waals surface area contributed by atoms with Crippen LogP contribution in [0.2, 0.25) is 20.2 Å². The van der Waals surface area contributed by atoms with Crippen LogP contribution in [-0.2, 0) is 0 Å². The predicted octanol–water partition coefficient (Wildman–Crippen LogP) is 5.33. The molecule has 0 aliphatic heterocycles. The Labute approximate surface area is 136 Å². The average molecular weight is 404 g/mol. The zero-order valence-corrected chi connectivity index (χ0v) is 13.5. The number of carbonyl (C=O) groups excluding carboxylic acids is 1. The van der Waals surface area contributed by atoms with Crippen LogP contribution in [0.1, 0.15) is 16.1 Å². The molecule has 2 rings (SSSR count). The van der Waals surface area contributed by atoms with Gasteiger partial charge in [-0.1, -0.05) is 46.4 Å². The van der Waals surface area contributed by atoms with E-state index in [1.807, 2.05) is 0 Å². The van der Waals surface area contributed by atoms with E-state index in [0.717, 1.165) is 0 Å². The first-order valence-corrected chi connectivity index (χ1v) is 7.08. The van der Waals surface area contributed by atoms with E-state index in [1.54, 1.807) is 0 Å². The number of aromatic hydroxyl groups is 1. The SMILES string of the molecule is O=C(c1cc(Cl)cc(Cl)c1O)c1[nH]c(Cl)c(Br)c1Cl. The molecule has 19 heavy (non-hydrogen) atoms. The minimum Gasteiger partial charge on any atom is -0.506 e. The molecule has 0 spiro atoms. The van der Waals surface area contributed by atoms with Gasteiger partial charge in [0.25, 0.3) is 0 Å². The maximum Gasteiger partial charge on any atom is 0.214 e. The third kappa shape index (κ3) is 2.73. The average Bonchev–Trinajstić information content (AvgIpc) is 2.61. The van der Waals surface area contributed by atoms with Crippen molar-refractivity contribution in [2.24, 2.45) is 0 Å². The fraction of sp³-hybridized carbons (Fsp3) is 0. The van der Waals surface area contributed by atoms with Gasteiger partial charge in [0.1, 0.15) is 16.6 Å². The quantitative estimate of drug-likeness (QED) is 0.666. The van der Waals surface area contributed by atoms with Gasteiger partial charge < -0.3 is 10.1 Å². The van der Waals surface area contributed by atoms with Crippen LogP contribution in [0.3, 0.4) is 0 Å². The van der Waals surface area contributed by atoms with Crippen molar-refractivity contribution in [3.63, 3.8) is 0 Å². The van der Waals surface area contributed by atoms with Gasteiger partial charge in [0.05, 0.1) is 20.1 Å². The Morgan fingerprint density at radius 3 is 2.37 bits per heavy atom. The highest BCUT2D eigenvalue weighted by Gasteiger charge is 2.23. The Hall–Kier alpha value is -0.390. The summed E-state index contributed by atoms with van der Waals surface area (Å²) in [6.45, 7) is 0. The molecule has 0 bridgehead atoms. The number of phenolic OH excluding ortho intramolecular Hbond substituents is 1. The van der Waals surface area contributed by atoms with Gasteiger partial charge in [-0.05, 0) is 28.1 Å². The van der Waals surface area contributed by atoms with Gasteiger partial charge in [-0.15, -0.1) is 0 Å². The number of carbonyl (C=O) groups is 1. The van der Waals surface area contributed by atoms with E-state index in [-0.39, 0.29) is 37.2 Å². The highest BCUT2D eigenvalue weighted by Crippen LogP contribution is 2.37. The largest absolute Gasteiger partial charge is 0.506 e. The summed E-state index contributed by atoms with van der Waals surface area (Å²) in [6, 6.07) is 2.62. The van der Waals surface area contributed by atoms with Crippen molar-refractivity contribution in [2.45, 2.75) is 0 Å². The molecule has 2 N–H and O–H groups in total. The van der Waals surface area contributed by atoms with E-state index < -0.39 is 5.78 Å². The van der Waals surface area contributed by atoms with Gasteiger partial charge in [0, 0.05) is 5.02 Å². The van der Waals surface area contributed by atoms with E-state index >= 15 is 0 Å². The number of nitrogens with one attached hydrogen (secondary N) is 1. The Balaban J connectivity index is 2.59. The Morgan fingerprint density at radius 1 is 1.21 bits per heavy atom. The minimum atomic E-state index is -0.570. The number of benzene rings is 1. The predicted molar refractivity (Wildman–Crippen MR) is 80.1 cm³/mol. The van der Waals surface area contributed by atoms with E-state index in [9.17, 15) is 9.90 Å². The molecule has 8 heteroatoms. The van der Waals surface area contributed by atoms with Crippen molar-refractivity contribution >= 4 is 68.1 Å². The van der Waals surface area contributed by atoms with Crippen molar-refractivity contribution < 1.29 is 9.90 Å². The van der Waals surface area contributed by atoms with Crippen molar-refractivity contribution in [2.75, 3.05) is 0 Å². The van der Waals surface area contributed by atoms with Crippen molar-refractivity contribution in [3.8, 4) is 5.75 Å². The second-order valence-electron chi connectivity index (χ2n) is 3.55. The van der Waals surface area contributed by atoms with Crippen molar-refractivity contribution in [1.82, 2.24) is 4.98 Å². The molecular formula is C11H4BrCl4NO2. The molecule has 0 saturated heterocycles. The number of rotatable bonds is 2. The van der Waals surface area contributed by atoms with Crippen molar-refractivity contribution in [1.29, 1.82) is 0 Å². The highest BCUT2D eigenvalue weighted by atomic mass is 79.9. The lowest BCUT2D eigenvalue weighted by Crippen LogP contribution is -2.03. The van der Waals surface area contributed by atoms with Gasteiger partial charge >= 0.3 is 0 Å². The molecule has 0 aliphatic rings. The van der Waals surface area contributed by atoms with Crippen LogP contribution in [0.5, 0.6) is 5.75 Å². The summed E-state index contributed by atoms with van der Waals surface area (Å²) in [6.07, 6.45) is 0. The molecule has 0 fully saturated rings. The Bertz CT molecular complexity index is 684. The molecule has 1 heterocycles. The molecular weight excluding hydrogens is 400 g/mol. The molecule has 0 saturated carbocycles. The summed E-state index contributed by atoms with van der Waals surface area (Å²) < 4.78 is 0.367. The monoisotopic (exact) mass is 401 g/mol. The van der Waals surface area contributed by atoms with Crippen LogP contribution in [0.15, 0.2) is 16.6 Å². The zero-order chi connectivity index (χ0) is 14.3. The smallest absolute Gasteiger partial charge is 0.214 e. The summed E-state index contributed by atoms with van der Waals surface area (Å²) >= 11 is 26.5. The van der Waals surface area contributed by atoms with Crippen LogP contribution >= 0.6 is 62.3 Å². The Kier molecular flexibility index (Phi) is 4.38. The molecule has 0 atom stereocenters. The molecule has 1 aromatic carbocycles. The second kappa shape index (κ2) is 5.54. The maximum atomic E-state index is 12.3. The lowest BCUT2D eigenvalue weighted by Gasteiger charge is -2.05. The van der Waals surface area contributed by atoms with Crippen LogP contribution in [0.4, 0.5) is 0 Å². The third-order valence-corrected chi connectivity index (χ3v) is 4.76. The van der Waals surface area contributed by atoms with Gasteiger partial charge in [-0.25, -0.2) is 0 Å². The number of hydrogen-bond acceptors (Lipinski definition) is 2. The van der Waals surface area contributed by atoms with Gasteiger partial charge in [0.15, 0.2) is 0 Å². The van der Waals surface area contributed by atoms with Crippen molar-refractivity contribution in [3.05, 3.63) is 48.1 Å². The van der Waals surface area contributed by atoms with E-state index in [0.29, 0.717) is 4.47 Å². The summed E-state index contributed by atoms with van der Waals surface area (Å²) in [7, 11) is 0. The first-order chi connectivity index (χ1) is 8.82. The van der Waals surface area contributed by atoms with Gasteiger partial charge in [0.2, 0.25) is 5.78 Å². The van der Waals surface area contributed by atoms with E-state index in [4.69, 9.17) is 46.4 Å². The number of phenols is 1. The van der Waals surface area contributed by atoms with Crippen LogP contribution < -0.4 is 0 Å². The van der Waals surface area contributed by atoms with Crippen LogP contribution in [0.25, 0.3) is 0 Å². The summed E-state index contributed by atoms with van der Waals surface area (Å²) in [5.41, 5.74) is -0.0306. The molecule has 0 aliphatic carbocycles. The lowest BCUT2D eigenvalue weighted by molar-refractivity contribution is 0.103. The fourth-order valence-electron chi connectivity index (χ4n) is 1.46. The molecule has 1 aromatic heterocycles. The first-order valence-electron chi connectivity index (χ1n) is 4.78. The van der Waals surface area contributed by atoms with Gasteiger partial charge in [-0.2, -0.15) is 0 Å². The maximum absolute atomic E-state index is 12.3. The standard InChI is InChI=1S/C11H4BrCl4NO2/c12-6-7(15)8(17-11(6)16)10(19)4-1-3(13)2-5(14)9(4)18/h1-2,17-18H. The van der Waals surface area contributed by atoms with Gasteiger partial charge in [-0.3, -0.25) is 4.79 Å². The number of aromatic amines is 1. The molecule has 3 nitrogen and oxygen atoms in total. The molecule has 2 aromatic rings. The first kappa shape index (κ1) is 15.0.